The molecule has 0 aliphatic rings. The highest BCUT2D eigenvalue weighted by Crippen LogP contribution is 2.22. The van der Waals surface area contributed by atoms with Gasteiger partial charge in [-0.25, -0.2) is 0 Å². The van der Waals surface area contributed by atoms with Crippen molar-refractivity contribution in [3.8, 4) is 5.75 Å². The molecule has 2 amide bonds. The van der Waals surface area contributed by atoms with E-state index >= 15 is 0 Å². The Hall–Kier alpha value is -2.89. The molecule has 0 fully saturated rings. The van der Waals surface area contributed by atoms with Gasteiger partial charge in [0.1, 0.15) is 5.75 Å². The molecule has 1 heterocycles. The first-order valence-electron chi connectivity index (χ1n) is 6.73. The molecule has 0 radical (unpaired) electrons. The molecule has 2 rings (SSSR count). The molecule has 1 aromatic heterocycles. The highest BCUT2D eigenvalue weighted by Gasteiger charge is 2.09. The molecule has 0 saturated carbocycles. The van der Waals surface area contributed by atoms with Crippen LogP contribution in [0.4, 0.5) is 5.69 Å². The maximum absolute atomic E-state index is 12.0. The van der Waals surface area contributed by atoms with E-state index < -0.39 is 0 Å². The summed E-state index contributed by atoms with van der Waals surface area (Å²) < 4.78 is 5.27. The first-order chi connectivity index (χ1) is 10.6. The summed E-state index contributed by atoms with van der Waals surface area (Å²) in [6, 6.07) is 8.65. The Bertz CT molecular complexity index is 672. The minimum atomic E-state index is -0.222. The van der Waals surface area contributed by atoms with E-state index in [0.29, 0.717) is 17.0 Å². The number of aromatic nitrogens is 1. The molecule has 0 unspecified atom stereocenters. The smallest absolute Gasteiger partial charge is 0.253 e. The van der Waals surface area contributed by atoms with E-state index in [1.165, 1.54) is 13.1 Å². The van der Waals surface area contributed by atoms with Gasteiger partial charge in [0.2, 0.25) is 5.91 Å². The van der Waals surface area contributed by atoms with Gasteiger partial charge in [-0.15, -0.1) is 0 Å². The van der Waals surface area contributed by atoms with Crippen molar-refractivity contribution in [3.05, 3.63) is 53.9 Å². The van der Waals surface area contributed by atoms with Gasteiger partial charge in [0.15, 0.2) is 0 Å². The van der Waals surface area contributed by atoms with Crippen LogP contribution in [0.2, 0.25) is 0 Å². The molecule has 1 aromatic carbocycles. The van der Waals surface area contributed by atoms with E-state index in [1.807, 2.05) is 0 Å². The summed E-state index contributed by atoms with van der Waals surface area (Å²) in [7, 11) is 1.56. The van der Waals surface area contributed by atoms with Gasteiger partial charge >= 0.3 is 0 Å². The van der Waals surface area contributed by atoms with Crippen molar-refractivity contribution < 1.29 is 14.3 Å². The number of benzene rings is 1. The van der Waals surface area contributed by atoms with E-state index in [1.54, 1.807) is 43.6 Å². The largest absolute Gasteiger partial charge is 0.496 e. The molecule has 0 bridgehead atoms. The lowest BCUT2D eigenvalue weighted by atomic mass is 10.1. The van der Waals surface area contributed by atoms with Crippen LogP contribution in [0.15, 0.2) is 42.7 Å². The minimum absolute atomic E-state index is 0.157. The van der Waals surface area contributed by atoms with Crippen LogP contribution in [0, 0.1) is 0 Å². The molecule has 2 N–H and O–H groups in total. The van der Waals surface area contributed by atoms with Gasteiger partial charge in [-0.05, 0) is 30.3 Å². The van der Waals surface area contributed by atoms with Crippen LogP contribution in [0.5, 0.6) is 5.75 Å². The van der Waals surface area contributed by atoms with E-state index in [0.717, 1.165) is 5.56 Å². The van der Waals surface area contributed by atoms with Gasteiger partial charge in [-0.1, -0.05) is 0 Å². The number of ether oxygens (including phenoxy) is 1. The molecule has 114 valence electrons. The summed E-state index contributed by atoms with van der Waals surface area (Å²) in [6.45, 7) is 1.72. The Morgan fingerprint density at radius 2 is 2.09 bits per heavy atom. The third-order valence-electron chi connectivity index (χ3n) is 2.96. The molecular formula is C16H17N3O3. The van der Waals surface area contributed by atoms with E-state index in [2.05, 4.69) is 15.6 Å². The maximum Gasteiger partial charge on any atom is 0.253 e. The van der Waals surface area contributed by atoms with Crippen LogP contribution < -0.4 is 15.4 Å². The summed E-state index contributed by atoms with van der Waals surface area (Å²) >= 11 is 0. The van der Waals surface area contributed by atoms with Gasteiger partial charge in [0.05, 0.1) is 12.7 Å². The van der Waals surface area contributed by atoms with Crippen molar-refractivity contribution >= 4 is 17.5 Å². The minimum Gasteiger partial charge on any atom is -0.496 e. The molecular weight excluding hydrogens is 282 g/mol. The lowest BCUT2D eigenvalue weighted by molar-refractivity contribution is -0.114. The van der Waals surface area contributed by atoms with Crippen molar-refractivity contribution in [1.82, 2.24) is 10.3 Å². The summed E-state index contributed by atoms with van der Waals surface area (Å²) in [4.78, 5) is 27.0. The predicted octanol–water partition coefficient (Wildman–Crippen LogP) is 1.98. The summed E-state index contributed by atoms with van der Waals surface area (Å²) in [5.41, 5.74) is 1.91. The van der Waals surface area contributed by atoms with Gasteiger partial charge < -0.3 is 15.4 Å². The van der Waals surface area contributed by atoms with E-state index in [9.17, 15) is 9.59 Å². The monoisotopic (exact) mass is 299 g/mol. The second-order valence-electron chi connectivity index (χ2n) is 4.63. The Morgan fingerprint density at radius 1 is 1.27 bits per heavy atom. The number of hydrogen-bond donors (Lipinski definition) is 2. The molecule has 0 aliphatic carbocycles. The number of carbonyl (C=O) groups excluding carboxylic acids is 2. The molecule has 22 heavy (non-hydrogen) atoms. The third kappa shape index (κ3) is 4.05. The second-order valence-corrected chi connectivity index (χ2v) is 4.63. The number of carbonyl (C=O) groups is 2. The van der Waals surface area contributed by atoms with Crippen LogP contribution in [0.1, 0.15) is 22.8 Å². The highest BCUT2D eigenvalue weighted by molar-refractivity contribution is 5.93. The average Bonchev–Trinajstić information content (AvgIpc) is 2.53. The normalized spacial score (nSPS) is 9.91. The molecule has 0 spiro atoms. The fourth-order valence-electron chi connectivity index (χ4n) is 1.97. The van der Waals surface area contributed by atoms with Crippen LogP contribution in [-0.4, -0.2) is 23.9 Å². The van der Waals surface area contributed by atoms with Crippen LogP contribution in [-0.2, 0) is 11.3 Å². The average molecular weight is 299 g/mol. The number of amides is 2. The number of nitrogens with zero attached hydrogens (tertiary/aromatic N) is 1. The Balaban J connectivity index is 2.10. The quantitative estimate of drug-likeness (QED) is 0.884. The standard InChI is InChI=1S/C16H17N3O3/c1-11(20)19-14-5-6-15(22-2)13(8-14)10-18-16(21)12-4-3-7-17-9-12/h3-9H,10H2,1-2H3,(H,18,21)(H,19,20). The van der Waals surface area contributed by atoms with Crippen molar-refractivity contribution in [2.24, 2.45) is 0 Å². The Kier molecular flexibility index (Phi) is 5.08. The Morgan fingerprint density at radius 3 is 2.73 bits per heavy atom. The molecule has 6 heteroatoms. The number of methoxy groups -OCH3 is 1. The molecule has 6 nitrogen and oxygen atoms in total. The van der Waals surface area contributed by atoms with Crippen molar-refractivity contribution in [3.63, 3.8) is 0 Å². The maximum atomic E-state index is 12.0. The molecule has 2 aromatic rings. The highest BCUT2D eigenvalue weighted by atomic mass is 16.5. The zero-order valence-corrected chi connectivity index (χ0v) is 12.4. The zero-order chi connectivity index (χ0) is 15.9. The number of pyridine rings is 1. The molecule has 0 atom stereocenters. The summed E-state index contributed by atoms with van der Waals surface area (Å²) in [5, 5.41) is 5.50. The summed E-state index contributed by atoms with van der Waals surface area (Å²) in [6.07, 6.45) is 3.11. The summed E-state index contributed by atoms with van der Waals surface area (Å²) in [5.74, 6) is 0.260. The molecule has 0 saturated heterocycles. The van der Waals surface area contributed by atoms with Crippen LogP contribution >= 0.6 is 0 Å². The second kappa shape index (κ2) is 7.21. The van der Waals surface area contributed by atoms with Gasteiger partial charge in [-0.3, -0.25) is 14.6 Å². The lowest BCUT2D eigenvalue weighted by Crippen LogP contribution is -2.23. The number of hydrogen-bond acceptors (Lipinski definition) is 4. The SMILES string of the molecule is COc1ccc(NC(C)=O)cc1CNC(=O)c1cccnc1. The van der Waals surface area contributed by atoms with E-state index in [-0.39, 0.29) is 18.4 Å². The van der Waals surface area contributed by atoms with Crippen LogP contribution in [0.25, 0.3) is 0 Å². The fraction of sp³-hybridized carbons (Fsp3) is 0.188. The topological polar surface area (TPSA) is 80.3 Å². The van der Waals surface area contributed by atoms with Gasteiger partial charge in [-0.2, -0.15) is 0 Å². The van der Waals surface area contributed by atoms with Crippen molar-refractivity contribution in [2.75, 3.05) is 12.4 Å². The number of nitrogens with one attached hydrogen (secondary N) is 2. The predicted molar refractivity (Wildman–Crippen MR) is 82.7 cm³/mol. The zero-order valence-electron chi connectivity index (χ0n) is 12.4. The van der Waals surface area contributed by atoms with Gasteiger partial charge in [0, 0.05) is 37.1 Å². The number of anilines is 1. The van der Waals surface area contributed by atoms with E-state index in [4.69, 9.17) is 4.74 Å². The van der Waals surface area contributed by atoms with Crippen molar-refractivity contribution in [1.29, 1.82) is 0 Å². The van der Waals surface area contributed by atoms with Crippen molar-refractivity contribution in [2.45, 2.75) is 13.5 Å². The molecule has 0 aliphatic heterocycles. The number of rotatable bonds is 5. The first kappa shape index (κ1) is 15.5. The van der Waals surface area contributed by atoms with Crippen LogP contribution in [0.3, 0.4) is 0 Å². The van der Waals surface area contributed by atoms with Gasteiger partial charge in [0.25, 0.3) is 5.91 Å². The lowest BCUT2D eigenvalue weighted by Gasteiger charge is -2.12. The Labute approximate surface area is 128 Å². The first-order valence-corrected chi connectivity index (χ1v) is 6.73. The third-order valence-corrected chi connectivity index (χ3v) is 2.96. The fourth-order valence-corrected chi connectivity index (χ4v) is 1.97.